The first-order valence-electron chi connectivity index (χ1n) is 8.62. The molecule has 0 spiro atoms. The van der Waals surface area contributed by atoms with E-state index in [1.54, 1.807) is 21.9 Å². The summed E-state index contributed by atoms with van der Waals surface area (Å²) >= 11 is 2.83. The van der Waals surface area contributed by atoms with Crippen molar-refractivity contribution in [2.24, 2.45) is 0 Å². The Labute approximate surface area is 162 Å². The zero-order valence-corrected chi connectivity index (χ0v) is 16.0. The maximum absolute atomic E-state index is 12.5. The van der Waals surface area contributed by atoms with Gasteiger partial charge in [0.15, 0.2) is 4.96 Å². The molecule has 140 valence electrons. The van der Waals surface area contributed by atoms with Crippen LogP contribution in [0, 0.1) is 0 Å². The Morgan fingerprint density at radius 1 is 1.30 bits per heavy atom. The molecule has 0 bridgehead atoms. The molecule has 0 saturated heterocycles. The van der Waals surface area contributed by atoms with E-state index in [2.05, 4.69) is 10.3 Å². The molecule has 1 N–H and O–H groups in total. The van der Waals surface area contributed by atoms with Crippen molar-refractivity contribution in [1.82, 2.24) is 14.7 Å². The number of hydrogen-bond donors (Lipinski definition) is 1. The van der Waals surface area contributed by atoms with E-state index >= 15 is 0 Å². The number of aromatic nitrogens is 2. The summed E-state index contributed by atoms with van der Waals surface area (Å²) in [5, 5.41) is 4.30. The molecule has 4 rings (SSSR count). The van der Waals surface area contributed by atoms with Gasteiger partial charge in [0, 0.05) is 16.6 Å². The average molecular weight is 403 g/mol. The first kappa shape index (κ1) is 17.9. The van der Waals surface area contributed by atoms with Crippen molar-refractivity contribution in [3.63, 3.8) is 0 Å². The highest BCUT2D eigenvalue weighted by atomic mass is 32.1. The molecule has 0 atom stereocenters. The van der Waals surface area contributed by atoms with Crippen LogP contribution in [0.3, 0.4) is 0 Å². The fourth-order valence-corrected chi connectivity index (χ4v) is 4.94. The van der Waals surface area contributed by atoms with Crippen LogP contribution >= 0.6 is 22.7 Å². The van der Waals surface area contributed by atoms with Gasteiger partial charge in [0.1, 0.15) is 13.2 Å². The molecule has 0 saturated carbocycles. The summed E-state index contributed by atoms with van der Waals surface area (Å²) < 4.78 is 6.82. The molecule has 1 aliphatic rings. The molecule has 0 radical (unpaired) electrons. The minimum atomic E-state index is -0.577. The van der Waals surface area contributed by atoms with E-state index in [1.165, 1.54) is 33.6 Å². The Kier molecular flexibility index (Phi) is 5.04. The van der Waals surface area contributed by atoms with Crippen LogP contribution in [0.25, 0.3) is 4.96 Å². The lowest BCUT2D eigenvalue weighted by molar-refractivity contribution is -0.143. The topological polar surface area (TPSA) is 89.8 Å². The Hall–Kier alpha value is -2.52. The fraction of sp³-hybridized carbons (Fsp3) is 0.333. The quantitative estimate of drug-likeness (QED) is 0.660. The number of rotatable bonds is 5. The molecule has 3 heterocycles. The Balaban J connectivity index is 1.39. The van der Waals surface area contributed by atoms with E-state index in [9.17, 15) is 14.4 Å². The first-order valence-corrected chi connectivity index (χ1v) is 10.3. The van der Waals surface area contributed by atoms with Crippen molar-refractivity contribution in [3.8, 4) is 0 Å². The Morgan fingerprint density at radius 3 is 2.96 bits per heavy atom. The molecule has 7 nitrogen and oxygen atoms in total. The van der Waals surface area contributed by atoms with Crippen LogP contribution in [0.5, 0.6) is 0 Å². The number of nitrogens with one attached hydrogen (secondary N) is 1. The molecule has 1 amide bonds. The first-order chi connectivity index (χ1) is 13.1. The number of carbonyl (C=O) groups is 2. The number of fused-ring (bicyclic) bond motifs is 3. The molecule has 3 aromatic heterocycles. The van der Waals surface area contributed by atoms with E-state index in [0.29, 0.717) is 15.5 Å². The Bertz CT molecular complexity index is 1050. The second kappa shape index (κ2) is 7.61. The molecular formula is C18H17N3O4S2. The van der Waals surface area contributed by atoms with Crippen LogP contribution in [0.4, 0.5) is 0 Å². The lowest BCUT2D eigenvalue weighted by atomic mass is 10.0. The van der Waals surface area contributed by atoms with Crippen LogP contribution in [0.2, 0.25) is 0 Å². The number of nitrogens with zero attached hydrogens (tertiary/aromatic N) is 2. The van der Waals surface area contributed by atoms with Crippen LogP contribution in [-0.2, 0) is 29.0 Å². The number of thiophene rings is 1. The molecule has 1 aliphatic carbocycles. The van der Waals surface area contributed by atoms with Gasteiger partial charge >= 0.3 is 5.97 Å². The maximum Gasteiger partial charge on any atom is 0.325 e. The van der Waals surface area contributed by atoms with Gasteiger partial charge < -0.3 is 10.1 Å². The number of esters is 1. The van der Waals surface area contributed by atoms with E-state index in [1.807, 2.05) is 0 Å². The highest BCUT2D eigenvalue weighted by molar-refractivity contribution is 7.17. The second-order valence-electron chi connectivity index (χ2n) is 6.20. The lowest BCUT2D eigenvalue weighted by Gasteiger charge is -2.10. The molecule has 27 heavy (non-hydrogen) atoms. The van der Waals surface area contributed by atoms with Gasteiger partial charge in [-0.05, 0) is 37.1 Å². The zero-order chi connectivity index (χ0) is 18.8. The molecule has 0 unspecified atom stereocenters. The minimum absolute atomic E-state index is 0.0952. The van der Waals surface area contributed by atoms with Gasteiger partial charge in [-0.25, -0.2) is 4.98 Å². The van der Waals surface area contributed by atoms with Crippen LogP contribution in [0.1, 0.15) is 38.8 Å². The third-order valence-corrected chi connectivity index (χ3v) is 6.35. The standard InChI is InChI=1S/C18H17N3O4S2/c22-15-8-11(20-18-21(15)12-4-1-2-5-13(12)27-18)10-25-16(23)9-19-17(24)14-6-3-7-26-14/h3,6-8H,1-2,4-5,9-10H2,(H,19,24). The fourth-order valence-electron chi connectivity index (χ4n) is 3.07. The van der Waals surface area contributed by atoms with Crippen LogP contribution in [-0.4, -0.2) is 27.8 Å². The predicted octanol–water partition coefficient (Wildman–Crippen LogP) is 2.17. The van der Waals surface area contributed by atoms with Crippen molar-refractivity contribution in [2.75, 3.05) is 6.54 Å². The molecule has 0 fully saturated rings. The average Bonchev–Trinajstić information content (AvgIpc) is 3.32. The number of aryl methyl sites for hydroxylation is 2. The van der Waals surface area contributed by atoms with Gasteiger partial charge in [-0.15, -0.1) is 22.7 Å². The number of carbonyl (C=O) groups excluding carboxylic acids is 2. The summed E-state index contributed by atoms with van der Waals surface area (Å²) in [6.07, 6.45) is 4.10. The third-order valence-electron chi connectivity index (χ3n) is 4.33. The zero-order valence-electron chi connectivity index (χ0n) is 14.4. The summed E-state index contributed by atoms with van der Waals surface area (Å²) in [7, 11) is 0. The maximum atomic E-state index is 12.5. The van der Waals surface area contributed by atoms with Crippen LogP contribution in [0.15, 0.2) is 28.4 Å². The normalized spacial score (nSPS) is 13.3. The molecule has 0 aromatic carbocycles. The molecular weight excluding hydrogens is 386 g/mol. The van der Waals surface area contributed by atoms with Gasteiger partial charge in [0.2, 0.25) is 0 Å². The van der Waals surface area contributed by atoms with Crippen molar-refractivity contribution < 1.29 is 14.3 Å². The monoisotopic (exact) mass is 403 g/mol. The number of thiazole rings is 1. The summed E-state index contributed by atoms with van der Waals surface area (Å²) in [6, 6.07) is 4.85. The van der Waals surface area contributed by atoms with Gasteiger partial charge in [0.05, 0.1) is 10.6 Å². The lowest BCUT2D eigenvalue weighted by Crippen LogP contribution is -2.30. The van der Waals surface area contributed by atoms with Gasteiger partial charge in [-0.3, -0.25) is 18.8 Å². The summed E-state index contributed by atoms with van der Waals surface area (Å²) in [4.78, 5) is 43.0. The number of ether oxygens (including phenoxy) is 1. The van der Waals surface area contributed by atoms with Gasteiger partial charge in [-0.1, -0.05) is 6.07 Å². The van der Waals surface area contributed by atoms with Crippen LogP contribution < -0.4 is 10.9 Å². The molecule has 9 heteroatoms. The highest BCUT2D eigenvalue weighted by Gasteiger charge is 2.19. The number of hydrogen-bond acceptors (Lipinski definition) is 7. The molecule has 3 aromatic rings. The smallest absolute Gasteiger partial charge is 0.325 e. The van der Waals surface area contributed by atoms with E-state index in [-0.39, 0.29) is 24.6 Å². The SMILES string of the molecule is O=C(CNC(=O)c1cccs1)OCc1cc(=O)n2c3c(sc2n1)CCCC3. The van der Waals surface area contributed by atoms with E-state index in [0.717, 1.165) is 31.4 Å². The van der Waals surface area contributed by atoms with E-state index in [4.69, 9.17) is 4.74 Å². The summed E-state index contributed by atoms with van der Waals surface area (Å²) in [5.74, 6) is -0.892. The van der Waals surface area contributed by atoms with Crippen molar-refractivity contribution in [2.45, 2.75) is 32.3 Å². The summed E-state index contributed by atoms with van der Waals surface area (Å²) in [6.45, 7) is -0.326. The van der Waals surface area contributed by atoms with E-state index < -0.39 is 5.97 Å². The highest BCUT2D eigenvalue weighted by Crippen LogP contribution is 2.28. The number of amides is 1. The largest absolute Gasteiger partial charge is 0.458 e. The minimum Gasteiger partial charge on any atom is -0.458 e. The predicted molar refractivity (Wildman–Crippen MR) is 102 cm³/mol. The summed E-state index contributed by atoms with van der Waals surface area (Å²) in [5.41, 5.74) is 1.34. The van der Waals surface area contributed by atoms with Gasteiger partial charge in [-0.2, -0.15) is 0 Å². The van der Waals surface area contributed by atoms with Crippen molar-refractivity contribution >= 4 is 39.5 Å². The van der Waals surface area contributed by atoms with Gasteiger partial charge in [0.25, 0.3) is 11.5 Å². The van der Waals surface area contributed by atoms with Crippen molar-refractivity contribution in [1.29, 1.82) is 0 Å². The third kappa shape index (κ3) is 3.79. The Morgan fingerprint density at radius 2 is 2.15 bits per heavy atom. The second-order valence-corrected chi connectivity index (χ2v) is 8.21. The molecule has 0 aliphatic heterocycles. The van der Waals surface area contributed by atoms with Crippen molar-refractivity contribution in [3.05, 3.63) is 55.1 Å².